The highest BCUT2D eigenvalue weighted by molar-refractivity contribution is 6.30. The number of benzene rings is 1. The molecule has 1 atom stereocenters. The molecule has 0 saturated heterocycles. The molecule has 1 aromatic carbocycles. The van der Waals surface area contributed by atoms with E-state index in [2.05, 4.69) is 19.2 Å². The van der Waals surface area contributed by atoms with E-state index in [0.717, 1.165) is 36.1 Å². The number of rotatable bonds is 3. The summed E-state index contributed by atoms with van der Waals surface area (Å²) in [6.45, 7) is 5.84. The van der Waals surface area contributed by atoms with Crippen LogP contribution in [0.3, 0.4) is 0 Å². The van der Waals surface area contributed by atoms with E-state index in [9.17, 15) is 4.79 Å². The standard InChI is InChI=1S/C17H20ClNO2/c1-11(2)9-17(12-4-3-5-13(18)8-12)15-10-19-7-6-14(15)16(20)21-17/h3-5,8,11,19H,6-7,9-10H2,1-2H3. The van der Waals surface area contributed by atoms with Crippen LogP contribution in [0.1, 0.15) is 32.3 Å². The highest BCUT2D eigenvalue weighted by Gasteiger charge is 2.49. The summed E-state index contributed by atoms with van der Waals surface area (Å²) in [7, 11) is 0. The predicted octanol–water partition coefficient (Wildman–Crippen LogP) is 3.43. The molecule has 1 unspecified atom stereocenters. The number of esters is 1. The van der Waals surface area contributed by atoms with Crippen LogP contribution in [0.15, 0.2) is 35.4 Å². The van der Waals surface area contributed by atoms with Crippen molar-refractivity contribution in [2.75, 3.05) is 13.1 Å². The molecule has 3 rings (SSSR count). The van der Waals surface area contributed by atoms with Crippen LogP contribution in [0.4, 0.5) is 0 Å². The maximum absolute atomic E-state index is 12.3. The maximum Gasteiger partial charge on any atom is 0.335 e. The van der Waals surface area contributed by atoms with Gasteiger partial charge in [-0.2, -0.15) is 0 Å². The number of hydrogen-bond acceptors (Lipinski definition) is 3. The summed E-state index contributed by atoms with van der Waals surface area (Å²) < 4.78 is 5.94. The smallest absolute Gasteiger partial charge is 0.335 e. The van der Waals surface area contributed by atoms with Crippen molar-refractivity contribution in [1.29, 1.82) is 0 Å². The summed E-state index contributed by atoms with van der Waals surface area (Å²) in [6.07, 6.45) is 1.52. The van der Waals surface area contributed by atoms with Crippen LogP contribution in [0.5, 0.6) is 0 Å². The van der Waals surface area contributed by atoms with E-state index >= 15 is 0 Å². The Kier molecular flexibility index (Phi) is 3.80. The first-order chi connectivity index (χ1) is 10.0. The molecular weight excluding hydrogens is 286 g/mol. The zero-order valence-electron chi connectivity index (χ0n) is 12.4. The van der Waals surface area contributed by atoms with Crippen LogP contribution in [-0.2, 0) is 15.1 Å². The lowest BCUT2D eigenvalue weighted by Gasteiger charge is -2.34. The van der Waals surface area contributed by atoms with Gasteiger partial charge in [0.2, 0.25) is 0 Å². The Balaban J connectivity index is 2.14. The Morgan fingerprint density at radius 1 is 1.43 bits per heavy atom. The highest BCUT2D eigenvalue weighted by Crippen LogP contribution is 2.47. The summed E-state index contributed by atoms with van der Waals surface area (Å²) in [5.41, 5.74) is 2.27. The quantitative estimate of drug-likeness (QED) is 0.870. The third kappa shape index (κ3) is 2.49. The summed E-state index contributed by atoms with van der Waals surface area (Å²) >= 11 is 6.16. The molecule has 112 valence electrons. The fourth-order valence-corrected chi connectivity index (χ4v) is 3.60. The molecule has 0 spiro atoms. The average molecular weight is 306 g/mol. The van der Waals surface area contributed by atoms with Crippen molar-refractivity contribution in [1.82, 2.24) is 5.32 Å². The summed E-state index contributed by atoms with van der Waals surface area (Å²) in [4.78, 5) is 12.3. The number of cyclic esters (lactones) is 1. The van der Waals surface area contributed by atoms with E-state index in [1.807, 2.05) is 24.3 Å². The maximum atomic E-state index is 12.3. The molecule has 0 aromatic heterocycles. The van der Waals surface area contributed by atoms with E-state index in [-0.39, 0.29) is 5.97 Å². The fourth-order valence-electron chi connectivity index (χ4n) is 3.41. The van der Waals surface area contributed by atoms with E-state index < -0.39 is 5.60 Å². The van der Waals surface area contributed by atoms with Crippen molar-refractivity contribution in [3.05, 3.63) is 46.0 Å². The van der Waals surface area contributed by atoms with Crippen molar-refractivity contribution in [2.45, 2.75) is 32.3 Å². The molecule has 0 bridgehead atoms. The molecule has 0 amide bonds. The minimum Gasteiger partial charge on any atom is -0.446 e. The SMILES string of the molecule is CC(C)CC1(c2cccc(Cl)c2)OC(=O)C2=C1CNCC2. The lowest BCUT2D eigenvalue weighted by Crippen LogP contribution is -2.36. The van der Waals surface area contributed by atoms with Crippen LogP contribution in [0.2, 0.25) is 5.02 Å². The first kappa shape index (κ1) is 14.6. The van der Waals surface area contributed by atoms with Gasteiger partial charge in [0.25, 0.3) is 0 Å². The van der Waals surface area contributed by atoms with Crippen LogP contribution < -0.4 is 5.32 Å². The molecule has 1 aromatic rings. The molecule has 2 heterocycles. The topological polar surface area (TPSA) is 38.3 Å². The monoisotopic (exact) mass is 305 g/mol. The number of nitrogens with one attached hydrogen (secondary N) is 1. The molecule has 4 heteroatoms. The van der Waals surface area contributed by atoms with Gasteiger partial charge < -0.3 is 10.1 Å². The Morgan fingerprint density at radius 3 is 2.95 bits per heavy atom. The number of ether oxygens (including phenoxy) is 1. The Labute approximate surface area is 130 Å². The number of hydrogen-bond donors (Lipinski definition) is 1. The molecule has 1 N–H and O–H groups in total. The van der Waals surface area contributed by atoms with Gasteiger partial charge in [-0.15, -0.1) is 0 Å². The van der Waals surface area contributed by atoms with E-state index in [4.69, 9.17) is 16.3 Å². The highest BCUT2D eigenvalue weighted by atomic mass is 35.5. The largest absolute Gasteiger partial charge is 0.446 e. The summed E-state index contributed by atoms with van der Waals surface area (Å²) in [5.74, 6) is 0.248. The lowest BCUT2D eigenvalue weighted by molar-refractivity contribution is -0.149. The molecule has 21 heavy (non-hydrogen) atoms. The summed E-state index contributed by atoms with van der Waals surface area (Å²) in [6, 6.07) is 7.69. The van der Waals surface area contributed by atoms with Gasteiger partial charge in [0.1, 0.15) is 0 Å². The van der Waals surface area contributed by atoms with Gasteiger partial charge in [-0.1, -0.05) is 37.6 Å². The van der Waals surface area contributed by atoms with Gasteiger partial charge in [-0.3, -0.25) is 0 Å². The Hall–Kier alpha value is -1.32. The van der Waals surface area contributed by atoms with Crippen molar-refractivity contribution >= 4 is 17.6 Å². The normalized spacial score (nSPS) is 25.2. The lowest BCUT2D eigenvalue weighted by atomic mass is 9.78. The average Bonchev–Trinajstić information content (AvgIpc) is 2.73. The van der Waals surface area contributed by atoms with Crippen LogP contribution in [0, 0.1) is 5.92 Å². The molecule has 0 aliphatic carbocycles. The molecule has 2 aliphatic heterocycles. The second kappa shape index (κ2) is 5.47. The van der Waals surface area contributed by atoms with Crippen molar-refractivity contribution < 1.29 is 9.53 Å². The minimum atomic E-state index is -0.654. The summed E-state index contributed by atoms with van der Waals surface area (Å²) in [5, 5.41) is 4.04. The number of carbonyl (C=O) groups is 1. The van der Waals surface area contributed by atoms with E-state index in [0.29, 0.717) is 17.5 Å². The van der Waals surface area contributed by atoms with E-state index in [1.165, 1.54) is 0 Å². The van der Waals surface area contributed by atoms with Gasteiger partial charge in [0, 0.05) is 28.3 Å². The molecular formula is C17H20ClNO2. The van der Waals surface area contributed by atoms with E-state index in [1.54, 1.807) is 0 Å². The molecule has 0 fully saturated rings. The number of carbonyl (C=O) groups excluding carboxylic acids is 1. The van der Waals surface area contributed by atoms with Gasteiger partial charge in [-0.05, 0) is 37.4 Å². The van der Waals surface area contributed by atoms with Gasteiger partial charge in [0.05, 0.1) is 0 Å². The van der Waals surface area contributed by atoms with Gasteiger partial charge >= 0.3 is 5.97 Å². The predicted molar refractivity (Wildman–Crippen MR) is 83.2 cm³/mol. The fraction of sp³-hybridized carbons (Fsp3) is 0.471. The molecule has 2 aliphatic rings. The van der Waals surface area contributed by atoms with Crippen LogP contribution >= 0.6 is 11.6 Å². The number of halogens is 1. The molecule has 0 radical (unpaired) electrons. The second-order valence-electron chi connectivity index (χ2n) is 6.21. The van der Waals surface area contributed by atoms with Crippen molar-refractivity contribution in [3.63, 3.8) is 0 Å². The second-order valence-corrected chi connectivity index (χ2v) is 6.65. The zero-order chi connectivity index (χ0) is 15.0. The first-order valence-electron chi connectivity index (χ1n) is 7.45. The first-order valence-corrected chi connectivity index (χ1v) is 7.83. The Morgan fingerprint density at radius 2 is 2.24 bits per heavy atom. The van der Waals surface area contributed by atoms with Crippen LogP contribution in [0.25, 0.3) is 0 Å². The Bertz CT molecular complexity index is 609. The van der Waals surface area contributed by atoms with Gasteiger partial charge in [0.15, 0.2) is 5.60 Å². The molecule has 0 saturated carbocycles. The minimum absolute atomic E-state index is 0.160. The van der Waals surface area contributed by atoms with Crippen molar-refractivity contribution in [2.24, 2.45) is 5.92 Å². The van der Waals surface area contributed by atoms with Crippen molar-refractivity contribution in [3.8, 4) is 0 Å². The molecule has 3 nitrogen and oxygen atoms in total. The third-order valence-electron chi connectivity index (χ3n) is 4.21. The third-order valence-corrected chi connectivity index (χ3v) is 4.44. The van der Waals surface area contributed by atoms with Gasteiger partial charge in [-0.25, -0.2) is 4.79 Å². The van der Waals surface area contributed by atoms with Crippen LogP contribution in [-0.4, -0.2) is 19.1 Å². The zero-order valence-corrected chi connectivity index (χ0v) is 13.2.